The molecular weight excluding hydrogens is 615 g/mol. The molecule has 0 spiro atoms. The van der Waals surface area contributed by atoms with Gasteiger partial charge in [0.05, 0.1) is 23.9 Å². The molecule has 234 valence electrons. The summed E-state index contributed by atoms with van der Waals surface area (Å²) in [4.78, 5) is 45.4. The summed E-state index contributed by atoms with van der Waals surface area (Å²) >= 11 is 13.2. The minimum atomic E-state index is -0.452. The highest BCUT2D eigenvalue weighted by Crippen LogP contribution is 2.35. The molecule has 0 atom stereocenters. The molecule has 0 aliphatic heterocycles. The Morgan fingerprint density at radius 1 is 0.978 bits per heavy atom. The molecule has 1 N–H and O–H groups in total. The zero-order valence-electron chi connectivity index (χ0n) is 25.5. The van der Waals surface area contributed by atoms with E-state index in [0.29, 0.717) is 40.7 Å². The number of halogens is 2. The summed E-state index contributed by atoms with van der Waals surface area (Å²) in [6, 6.07) is 19.7. The first kappa shape index (κ1) is 33.5. The number of pyridine rings is 1. The Morgan fingerprint density at radius 2 is 1.73 bits per heavy atom. The van der Waals surface area contributed by atoms with E-state index < -0.39 is 5.91 Å². The molecular formula is C34H34Cl2N4O5. The number of amides is 3. The smallest absolute Gasteiger partial charge is 0.253 e. The van der Waals surface area contributed by atoms with Crippen molar-refractivity contribution in [1.29, 1.82) is 0 Å². The first-order valence-corrected chi connectivity index (χ1v) is 14.9. The third-order valence-corrected chi connectivity index (χ3v) is 7.85. The van der Waals surface area contributed by atoms with Crippen LogP contribution in [0.2, 0.25) is 10.0 Å². The van der Waals surface area contributed by atoms with Gasteiger partial charge in [-0.15, -0.1) is 0 Å². The van der Waals surface area contributed by atoms with Crippen molar-refractivity contribution in [2.45, 2.75) is 13.5 Å². The average Bonchev–Trinajstić information content (AvgIpc) is 3.04. The number of nitrogens with one attached hydrogen (secondary N) is 1. The van der Waals surface area contributed by atoms with E-state index in [1.54, 1.807) is 68.6 Å². The van der Waals surface area contributed by atoms with Gasteiger partial charge in [0.15, 0.2) is 0 Å². The fraction of sp³-hybridized carbons (Fsp3) is 0.235. The summed E-state index contributed by atoms with van der Waals surface area (Å²) in [5.74, 6) is -0.377. The highest BCUT2D eigenvalue weighted by molar-refractivity contribution is 6.38. The molecule has 1 heterocycles. The van der Waals surface area contributed by atoms with Gasteiger partial charge in [-0.25, -0.2) is 4.98 Å². The minimum absolute atomic E-state index is 0.0590. The number of hydrogen-bond donors (Lipinski definition) is 1. The third-order valence-electron chi connectivity index (χ3n) is 7.07. The second-order valence-corrected chi connectivity index (χ2v) is 11.1. The van der Waals surface area contributed by atoms with E-state index in [0.717, 1.165) is 22.2 Å². The summed E-state index contributed by atoms with van der Waals surface area (Å²) in [5.41, 5.74) is 3.78. The number of benzene rings is 3. The monoisotopic (exact) mass is 648 g/mol. The molecule has 4 aromatic rings. The second kappa shape index (κ2) is 15.5. The number of anilines is 1. The third kappa shape index (κ3) is 8.60. The van der Waals surface area contributed by atoms with E-state index >= 15 is 0 Å². The standard InChI is InChI=1S/C34H34Cl2N4O5/c1-22-8-12-24-6-5-7-29(33(24)38-22)45-21-26-27(35)15-16-28(32(26)36)40(3)31(42)20-37-30(41)17-11-23-9-13-25(14-10-23)34(43)39(2)18-19-44-4/h5-17H,18-21H2,1-4H3,(H,37,41). The highest BCUT2D eigenvalue weighted by Gasteiger charge is 2.19. The highest BCUT2D eigenvalue weighted by atomic mass is 35.5. The molecule has 0 saturated carbocycles. The minimum Gasteiger partial charge on any atom is -0.487 e. The van der Waals surface area contributed by atoms with Crippen molar-refractivity contribution in [1.82, 2.24) is 15.2 Å². The van der Waals surface area contributed by atoms with E-state index in [2.05, 4.69) is 10.3 Å². The number of nitrogens with zero attached hydrogens (tertiary/aromatic N) is 3. The number of rotatable bonds is 12. The van der Waals surface area contributed by atoms with Crippen LogP contribution in [0.15, 0.2) is 72.8 Å². The van der Waals surface area contributed by atoms with Crippen molar-refractivity contribution in [3.05, 3.63) is 105 Å². The van der Waals surface area contributed by atoms with Crippen molar-refractivity contribution in [3.63, 3.8) is 0 Å². The van der Waals surface area contributed by atoms with Crippen LogP contribution in [-0.2, 0) is 20.9 Å². The van der Waals surface area contributed by atoms with Crippen LogP contribution in [0, 0.1) is 6.92 Å². The van der Waals surface area contributed by atoms with Crippen molar-refractivity contribution < 1.29 is 23.9 Å². The summed E-state index contributed by atoms with van der Waals surface area (Å²) < 4.78 is 11.1. The Kier molecular flexibility index (Phi) is 11.5. The molecule has 4 rings (SSSR count). The predicted molar refractivity (Wildman–Crippen MR) is 178 cm³/mol. The molecule has 0 saturated heterocycles. The molecule has 0 unspecified atom stereocenters. The van der Waals surface area contributed by atoms with Gasteiger partial charge in [0.2, 0.25) is 11.8 Å². The molecule has 0 radical (unpaired) electrons. The summed E-state index contributed by atoms with van der Waals surface area (Å²) in [6.45, 7) is 2.64. The number of para-hydroxylation sites is 1. The molecule has 1 aromatic heterocycles. The van der Waals surface area contributed by atoms with Crippen molar-refractivity contribution in [2.24, 2.45) is 0 Å². The van der Waals surface area contributed by atoms with Crippen LogP contribution in [0.5, 0.6) is 5.75 Å². The fourth-order valence-electron chi connectivity index (χ4n) is 4.39. The first-order chi connectivity index (χ1) is 21.6. The topological polar surface area (TPSA) is 101 Å². The largest absolute Gasteiger partial charge is 0.487 e. The van der Waals surface area contributed by atoms with Gasteiger partial charge in [-0.1, -0.05) is 53.5 Å². The maximum atomic E-state index is 13.0. The number of methoxy groups -OCH3 is 1. The normalized spacial score (nSPS) is 11.1. The van der Waals surface area contributed by atoms with Gasteiger partial charge in [-0.05, 0) is 55.0 Å². The average molecular weight is 650 g/mol. The molecule has 0 aliphatic rings. The Labute approximate surface area is 272 Å². The van der Waals surface area contributed by atoms with Crippen molar-refractivity contribution in [3.8, 4) is 5.75 Å². The molecule has 45 heavy (non-hydrogen) atoms. The summed E-state index contributed by atoms with van der Waals surface area (Å²) in [6.07, 6.45) is 2.92. The van der Waals surface area contributed by atoms with Crippen LogP contribution < -0.4 is 15.0 Å². The Morgan fingerprint density at radius 3 is 2.47 bits per heavy atom. The molecule has 0 aliphatic carbocycles. The molecule has 11 heteroatoms. The SMILES string of the molecule is COCCN(C)C(=O)c1ccc(C=CC(=O)NCC(=O)N(C)c2ccc(Cl)c(COc3cccc4ccc(C)nc34)c2Cl)cc1. The number of carbonyl (C=O) groups excluding carboxylic acids is 3. The van der Waals surface area contributed by atoms with E-state index in [9.17, 15) is 14.4 Å². The quantitative estimate of drug-likeness (QED) is 0.191. The lowest BCUT2D eigenvalue weighted by atomic mass is 10.1. The lowest BCUT2D eigenvalue weighted by Crippen LogP contribution is -2.37. The Balaban J connectivity index is 1.34. The number of hydrogen-bond acceptors (Lipinski definition) is 6. The van der Waals surface area contributed by atoms with Crippen molar-refractivity contribution in [2.75, 3.05) is 45.8 Å². The molecule has 0 fully saturated rings. The zero-order valence-corrected chi connectivity index (χ0v) is 27.0. The van der Waals surface area contributed by atoms with Gasteiger partial charge >= 0.3 is 0 Å². The van der Waals surface area contributed by atoms with Crippen LogP contribution in [-0.4, -0.2) is 68.5 Å². The van der Waals surface area contributed by atoms with Gasteiger partial charge in [-0.3, -0.25) is 14.4 Å². The van der Waals surface area contributed by atoms with E-state index in [1.807, 2.05) is 37.3 Å². The molecule has 9 nitrogen and oxygen atoms in total. The van der Waals surface area contributed by atoms with Crippen LogP contribution in [0.1, 0.15) is 27.2 Å². The first-order valence-electron chi connectivity index (χ1n) is 14.1. The Hall–Kier alpha value is -4.44. The summed E-state index contributed by atoms with van der Waals surface area (Å²) in [5, 5.41) is 4.19. The number of aryl methyl sites for hydroxylation is 1. The number of ether oxygens (including phenoxy) is 2. The van der Waals surface area contributed by atoms with E-state index in [1.165, 1.54) is 11.0 Å². The van der Waals surface area contributed by atoms with E-state index in [4.69, 9.17) is 32.7 Å². The molecule has 0 bridgehead atoms. The van der Waals surface area contributed by atoms with Gasteiger partial charge < -0.3 is 24.6 Å². The van der Waals surface area contributed by atoms with Crippen LogP contribution in [0.25, 0.3) is 17.0 Å². The lowest BCUT2D eigenvalue weighted by molar-refractivity contribution is -0.122. The molecule has 3 amide bonds. The predicted octanol–water partition coefficient (Wildman–Crippen LogP) is 5.94. The molecule has 3 aromatic carbocycles. The zero-order chi connectivity index (χ0) is 32.5. The fourth-order valence-corrected chi connectivity index (χ4v) is 5.00. The van der Waals surface area contributed by atoms with Gasteiger partial charge in [-0.2, -0.15) is 0 Å². The summed E-state index contributed by atoms with van der Waals surface area (Å²) in [7, 11) is 4.86. The number of aromatic nitrogens is 1. The number of fused-ring (bicyclic) bond motifs is 1. The van der Waals surface area contributed by atoms with Crippen LogP contribution in [0.3, 0.4) is 0 Å². The Bertz CT molecular complexity index is 1730. The second-order valence-electron chi connectivity index (χ2n) is 10.3. The van der Waals surface area contributed by atoms with Crippen LogP contribution in [0.4, 0.5) is 5.69 Å². The maximum Gasteiger partial charge on any atom is 0.253 e. The number of carbonyl (C=O) groups is 3. The van der Waals surface area contributed by atoms with E-state index in [-0.39, 0.29) is 30.0 Å². The number of likely N-dealkylation sites (N-methyl/N-ethyl adjacent to an activating group) is 2. The maximum absolute atomic E-state index is 13.0. The van der Waals surface area contributed by atoms with Crippen molar-refractivity contribution >= 4 is 63.6 Å². The van der Waals surface area contributed by atoms with Gasteiger partial charge in [0.1, 0.15) is 17.9 Å². The lowest BCUT2D eigenvalue weighted by Gasteiger charge is -2.21. The van der Waals surface area contributed by atoms with Crippen LogP contribution >= 0.6 is 23.2 Å². The van der Waals surface area contributed by atoms with Gasteiger partial charge in [0, 0.05) is 61.1 Å². The van der Waals surface area contributed by atoms with Gasteiger partial charge in [0.25, 0.3) is 5.91 Å².